The van der Waals surface area contributed by atoms with E-state index in [1.54, 1.807) is 6.07 Å². The minimum absolute atomic E-state index is 0.0502. The van der Waals surface area contributed by atoms with E-state index in [1.165, 1.54) is 0 Å². The Morgan fingerprint density at radius 2 is 1.69 bits per heavy atom. The number of allylic oxidation sites excluding steroid dienone is 1. The molecule has 0 saturated heterocycles. The van der Waals surface area contributed by atoms with Gasteiger partial charge in [-0.1, -0.05) is 27.7 Å². The van der Waals surface area contributed by atoms with Crippen LogP contribution in [-0.4, -0.2) is 5.97 Å². The lowest BCUT2D eigenvalue weighted by Crippen LogP contribution is -2.33. The number of aliphatic carboxylic acids is 1. The zero-order valence-electron chi connectivity index (χ0n) is 10.4. The minimum Gasteiger partial charge on any atom is -0.544 e. The van der Waals surface area contributed by atoms with Crippen molar-refractivity contribution in [1.82, 2.24) is 0 Å². The fourth-order valence-corrected chi connectivity index (χ4v) is 3.08. The van der Waals surface area contributed by atoms with E-state index >= 15 is 0 Å². The molecule has 0 unspecified atom stereocenters. The van der Waals surface area contributed by atoms with Crippen LogP contribution in [0.1, 0.15) is 47.0 Å². The van der Waals surface area contributed by atoms with Gasteiger partial charge in [0, 0.05) is 0 Å². The van der Waals surface area contributed by atoms with Gasteiger partial charge in [-0.25, -0.2) is 0 Å². The highest BCUT2D eigenvalue weighted by Crippen LogP contribution is 2.48. The third-order valence-corrected chi connectivity index (χ3v) is 3.01. The first-order valence-electron chi connectivity index (χ1n) is 5.50. The summed E-state index contributed by atoms with van der Waals surface area (Å²) in [6, 6.07) is 1.76. The smallest absolute Gasteiger partial charge is 0.101 e. The van der Waals surface area contributed by atoms with E-state index in [-0.39, 0.29) is 16.4 Å². The highest BCUT2D eigenvalue weighted by atomic mass is 16.4. The monoisotopic (exact) mass is 220 g/mol. The predicted octanol–water partition coefficient (Wildman–Crippen LogP) is 1.79. The largest absolute Gasteiger partial charge is 0.544 e. The SMILES string of the molecule is CC1(C)CC(=C(C#N)C(=O)[O-])CC(C)(C)C1. The summed E-state index contributed by atoms with van der Waals surface area (Å²) in [6.07, 6.45) is 2.38. The molecule has 0 bridgehead atoms. The summed E-state index contributed by atoms with van der Waals surface area (Å²) in [6.45, 7) is 8.44. The molecule has 0 aromatic heterocycles. The number of hydrogen-bond acceptors (Lipinski definition) is 3. The van der Waals surface area contributed by atoms with Gasteiger partial charge in [0.15, 0.2) is 0 Å². The summed E-state index contributed by atoms with van der Waals surface area (Å²) < 4.78 is 0. The van der Waals surface area contributed by atoms with Crippen LogP contribution in [-0.2, 0) is 4.79 Å². The van der Waals surface area contributed by atoms with Crippen LogP contribution in [0.3, 0.4) is 0 Å². The molecule has 0 heterocycles. The Morgan fingerprint density at radius 3 is 2.00 bits per heavy atom. The molecular weight excluding hydrogens is 202 g/mol. The van der Waals surface area contributed by atoms with E-state index in [9.17, 15) is 9.90 Å². The van der Waals surface area contributed by atoms with Crippen molar-refractivity contribution >= 4 is 5.97 Å². The number of carbonyl (C=O) groups is 1. The molecule has 88 valence electrons. The topological polar surface area (TPSA) is 63.9 Å². The lowest BCUT2D eigenvalue weighted by Gasteiger charge is -2.42. The van der Waals surface area contributed by atoms with Crippen molar-refractivity contribution in [3.63, 3.8) is 0 Å². The normalized spacial score (nSPS) is 22.3. The molecule has 0 spiro atoms. The van der Waals surface area contributed by atoms with Gasteiger partial charge < -0.3 is 9.90 Å². The lowest BCUT2D eigenvalue weighted by molar-refractivity contribution is -0.298. The molecule has 0 amide bonds. The van der Waals surface area contributed by atoms with Crippen molar-refractivity contribution in [3.05, 3.63) is 11.1 Å². The van der Waals surface area contributed by atoms with Crippen LogP contribution < -0.4 is 5.11 Å². The number of carbonyl (C=O) groups excluding carboxylic acids is 1. The molecule has 16 heavy (non-hydrogen) atoms. The molecule has 1 rings (SSSR count). The number of carboxylic acids is 1. The van der Waals surface area contributed by atoms with Gasteiger partial charge in [0.25, 0.3) is 0 Å². The van der Waals surface area contributed by atoms with Crippen molar-refractivity contribution in [3.8, 4) is 6.07 Å². The van der Waals surface area contributed by atoms with E-state index in [1.807, 2.05) is 0 Å². The third kappa shape index (κ3) is 2.85. The minimum atomic E-state index is -1.34. The quantitative estimate of drug-likeness (QED) is 0.500. The highest BCUT2D eigenvalue weighted by molar-refractivity contribution is 5.90. The van der Waals surface area contributed by atoms with E-state index < -0.39 is 5.97 Å². The van der Waals surface area contributed by atoms with Crippen LogP contribution in [0.15, 0.2) is 11.1 Å². The van der Waals surface area contributed by atoms with Crippen molar-refractivity contribution < 1.29 is 9.90 Å². The Kier molecular flexibility index (Phi) is 3.14. The summed E-state index contributed by atoms with van der Waals surface area (Å²) in [5, 5.41) is 19.7. The first kappa shape index (κ1) is 12.8. The summed E-state index contributed by atoms with van der Waals surface area (Å²) in [5.41, 5.74) is 0.674. The predicted molar refractivity (Wildman–Crippen MR) is 59.1 cm³/mol. The van der Waals surface area contributed by atoms with E-state index in [4.69, 9.17) is 5.26 Å². The number of rotatable bonds is 1. The van der Waals surface area contributed by atoms with Crippen molar-refractivity contribution in [2.24, 2.45) is 10.8 Å². The van der Waals surface area contributed by atoms with Crippen molar-refractivity contribution in [2.45, 2.75) is 47.0 Å². The molecule has 1 aliphatic carbocycles. The van der Waals surface area contributed by atoms with Gasteiger partial charge in [-0.15, -0.1) is 0 Å². The molecule has 3 heteroatoms. The van der Waals surface area contributed by atoms with Gasteiger partial charge in [-0.2, -0.15) is 5.26 Å². The third-order valence-electron chi connectivity index (χ3n) is 3.01. The highest BCUT2D eigenvalue weighted by Gasteiger charge is 2.36. The van der Waals surface area contributed by atoms with Crippen LogP contribution in [0.5, 0.6) is 0 Å². The van der Waals surface area contributed by atoms with Crippen LogP contribution >= 0.6 is 0 Å². The summed E-state index contributed by atoms with van der Waals surface area (Å²) in [4.78, 5) is 10.9. The molecule has 0 aromatic carbocycles. The van der Waals surface area contributed by atoms with E-state index in [2.05, 4.69) is 27.7 Å². The molecule has 1 saturated carbocycles. The number of hydrogen-bond donors (Lipinski definition) is 0. The van der Waals surface area contributed by atoms with Crippen molar-refractivity contribution in [1.29, 1.82) is 5.26 Å². The molecule has 0 aliphatic heterocycles. The van der Waals surface area contributed by atoms with E-state index in [0.717, 1.165) is 12.0 Å². The Balaban J connectivity index is 3.17. The van der Waals surface area contributed by atoms with Gasteiger partial charge in [-0.3, -0.25) is 0 Å². The second-order valence-corrected chi connectivity index (χ2v) is 6.24. The number of nitriles is 1. The standard InChI is InChI=1S/C13H19NO2/c1-12(2)5-9(6-13(3,4)8-12)10(7-14)11(15)16/h5-6,8H2,1-4H3,(H,15,16)/p-1. The van der Waals surface area contributed by atoms with E-state index in [0.29, 0.717) is 12.8 Å². The maximum atomic E-state index is 10.9. The lowest BCUT2D eigenvalue weighted by atomic mass is 9.63. The Hall–Kier alpha value is -1.30. The van der Waals surface area contributed by atoms with Crippen LogP contribution in [0, 0.1) is 22.2 Å². The second kappa shape index (κ2) is 3.93. The summed E-state index contributed by atoms with van der Waals surface area (Å²) in [5.74, 6) is -1.34. The molecular formula is C13H18NO2-. The Morgan fingerprint density at radius 1 is 1.25 bits per heavy atom. The molecule has 1 fully saturated rings. The maximum absolute atomic E-state index is 10.9. The fourth-order valence-electron chi connectivity index (χ4n) is 3.08. The first-order valence-corrected chi connectivity index (χ1v) is 5.50. The fraction of sp³-hybridized carbons (Fsp3) is 0.692. The second-order valence-electron chi connectivity index (χ2n) is 6.24. The molecule has 0 N–H and O–H groups in total. The first-order chi connectivity index (χ1) is 7.17. The molecule has 0 radical (unpaired) electrons. The van der Waals surface area contributed by atoms with Gasteiger partial charge in [0.05, 0.1) is 11.5 Å². The summed E-state index contributed by atoms with van der Waals surface area (Å²) >= 11 is 0. The van der Waals surface area contributed by atoms with Gasteiger partial charge in [-0.05, 0) is 35.7 Å². The van der Waals surface area contributed by atoms with Crippen molar-refractivity contribution in [2.75, 3.05) is 0 Å². The zero-order chi connectivity index (χ0) is 12.6. The summed E-state index contributed by atoms with van der Waals surface area (Å²) in [7, 11) is 0. The molecule has 1 aliphatic rings. The van der Waals surface area contributed by atoms with Crippen LogP contribution in [0.25, 0.3) is 0 Å². The average Bonchev–Trinajstić information content (AvgIpc) is 1.97. The van der Waals surface area contributed by atoms with Gasteiger partial charge in [0.2, 0.25) is 0 Å². The number of nitrogens with zero attached hydrogens (tertiary/aromatic N) is 1. The Bertz CT molecular complexity index is 365. The molecule has 3 nitrogen and oxygen atoms in total. The van der Waals surface area contributed by atoms with Crippen LogP contribution in [0.4, 0.5) is 0 Å². The Labute approximate surface area is 96.8 Å². The zero-order valence-corrected chi connectivity index (χ0v) is 10.4. The van der Waals surface area contributed by atoms with Crippen LogP contribution in [0.2, 0.25) is 0 Å². The average molecular weight is 220 g/mol. The molecule has 0 atom stereocenters. The van der Waals surface area contributed by atoms with Gasteiger partial charge >= 0.3 is 0 Å². The maximum Gasteiger partial charge on any atom is 0.101 e. The molecule has 0 aromatic rings. The number of carboxylic acid groups (broad SMARTS) is 1. The van der Waals surface area contributed by atoms with Gasteiger partial charge in [0.1, 0.15) is 6.07 Å².